The second kappa shape index (κ2) is 5.85. The SMILES string of the molecule is CCC[C@@H]1CO[C@@H](CS(=O)(=O)c2ccccc2)C1. The van der Waals surface area contributed by atoms with Crippen molar-refractivity contribution in [2.75, 3.05) is 12.4 Å². The van der Waals surface area contributed by atoms with Crippen LogP contribution in [0.2, 0.25) is 0 Å². The summed E-state index contributed by atoms with van der Waals surface area (Å²) in [5, 5.41) is 0. The van der Waals surface area contributed by atoms with Crippen molar-refractivity contribution >= 4 is 9.84 Å². The monoisotopic (exact) mass is 268 g/mol. The summed E-state index contributed by atoms with van der Waals surface area (Å²) < 4.78 is 29.9. The van der Waals surface area contributed by atoms with Crippen LogP contribution >= 0.6 is 0 Å². The molecular weight excluding hydrogens is 248 g/mol. The maximum atomic E-state index is 12.2. The quantitative estimate of drug-likeness (QED) is 0.824. The van der Waals surface area contributed by atoms with Gasteiger partial charge in [-0.15, -0.1) is 0 Å². The zero-order chi connectivity index (χ0) is 13.0. The van der Waals surface area contributed by atoms with E-state index in [0.29, 0.717) is 17.4 Å². The molecule has 1 aliphatic rings. The van der Waals surface area contributed by atoms with E-state index < -0.39 is 9.84 Å². The Bertz CT molecular complexity index is 467. The molecule has 0 N–H and O–H groups in total. The van der Waals surface area contributed by atoms with E-state index in [0.717, 1.165) is 19.3 Å². The molecule has 0 bridgehead atoms. The van der Waals surface area contributed by atoms with Crippen LogP contribution in [0, 0.1) is 5.92 Å². The van der Waals surface area contributed by atoms with Gasteiger partial charge in [-0.25, -0.2) is 8.42 Å². The summed E-state index contributed by atoms with van der Waals surface area (Å²) in [7, 11) is -3.21. The van der Waals surface area contributed by atoms with Gasteiger partial charge in [0.25, 0.3) is 0 Å². The minimum absolute atomic E-state index is 0.108. The van der Waals surface area contributed by atoms with E-state index in [9.17, 15) is 8.42 Å². The maximum Gasteiger partial charge on any atom is 0.180 e. The molecule has 1 saturated heterocycles. The van der Waals surface area contributed by atoms with Crippen molar-refractivity contribution in [2.45, 2.75) is 37.2 Å². The van der Waals surface area contributed by atoms with Crippen molar-refractivity contribution in [1.82, 2.24) is 0 Å². The maximum absolute atomic E-state index is 12.2. The van der Waals surface area contributed by atoms with Gasteiger partial charge in [-0.2, -0.15) is 0 Å². The lowest BCUT2D eigenvalue weighted by Gasteiger charge is -2.10. The van der Waals surface area contributed by atoms with Crippen LogP contribution in [0.1, 0.15) is 26.2 Å². The van der Waals surface area contributed by atoms with Crippen molar-refractivity contribution in [2.24, 2.45) is 5.92 Å². The fraction of sp³-hybridized carbons (Fsp3) is 0.571. The topological polar surface area (TPSA) is 43.4 Å². The van der Waals surface area contributed by atoms with E-state index in [1.165, 1.54) is 0 Å². The van der Waals surface area contributed by atoms with Crippen LogP contribution < -0.4 is 0 Å². The summed E-state index contributed by atoms with van der Waals surface area (Å²) in [5.74, 6) is 0.642. The highest BCUT2D eigenvalue weighted by Crippen LogP contribution is 2.26. The molecule has 0 unspecified atom stereocenters. The number of hydrogen-bond donors (Lipinski definition) is 0. The van der Waals surface area contributed by atoms with Gasteiger partial charge in [0.05, 0.1) is 16.8 Å². The molecule has 1 heterocycles. The lowest BCUT2D eigenvalue weighted by atomic mass is 10.0. The number of benzene rings is 1. The number of sulfone groups is 1. The highest BCUT2D eigenvalue weighted by molar-refractivity contribution is 7.91. The van der Waals surface area contributed by atoms with Gasteiger partial charge in [0, 0.05) is 6.61 Å². The van der Waals surface area contributed by atoms with E-state index >= 15 is 0 Å². The van der Waals surface area contributed by atoms with Gasteiger partial charge in [-0.05, 0) is 30.9 Å². The Balaban J connectivity index is 1.98. The average molecular weight is 268 g/mol. The third kappa shape index (κ3) is 3.33. The molecule has 0 spiro atoms. The third-order valence-corrected chi connectivity index (χ3v) is 5.17. The standard InChI is InChI=1S/C14H20O3S/c1-2-6-12-9-13(17-10-12)11-18(15,16)14-7-4-3-5-8-14/h3-5,7-8,12-13H,2,6,9-11H2,1H3/t12-,13+/m0/s1. The molecule has 100 valence electrons. The van der Waals surface area contributed by atoms with Gasteiger partial charge >= 0.3 is 0 Å². The average Bonchev–Trinajstić information content (AvgIpc) is 2.77. The largest absolute Gasteiger partial charge is 0.377 e. The van der Waals surface area contributed by atoms with Gasteiger partial charge < -0.3 is 4.74 Å². The van der Waals surface area contributed by atoms with Crippen molar-refractivity contribution in [1.29, 1.82) is 0 Å². The fourth-order valence-corrected chi connectivity index (χ4v) is 3.96. The van der Waals surface area contributed by atoms with Gasteiger partial charge in [-0.1, -0.05) is 31.5 Å². The Labute approximate surface area is 109 Å². The van der Waals surface area contributed by atoms with E-state index in [1.807, 2.05) is 6.07 Å². The lowest BCUT2D eigenvalue weighted by Crippen LogP contribution is -2.20. The summed E-state index contributed by atoms with van der Waals surface area (Å²) in [6, 6.07) is 8.62. The van der Waals surface area contributed by atoms with E-state index in [1.54, 1.807) is 24.3 Å². The Morgan fingerprint density at radius 3 is 2.67 bits per heavy atom. The van der Waals surface area contributed by atoms with Crippen molar-refractivity contribution in [3.63, 3.8) is 0 Å². The van der Waals surface area contributed by atoms with Crippen LogP contribution in [0.5, 0.6) is 0 Å². The van der Waals surface area contributed by atoms with E-state index in [2.05, 4.69) is 6.92 Å². The first kappa shape index (κ1) is 13.6. The molecule has 1 fully saturated rings. The number of ether oxygens (including phenoxy) is 1. The molecule has 2 rings (SSSR count). The molecule has 2 atom stereocenters. The second-order valence-corrected chi connectivity index (χ2v) is 6.97. The first-order valence-electron chi connectivity index (χ1n) is 6.51. The summed E-state index contributed by atoms with van der Waals surface area (Å²) in [4.78, 5) is 0.396. The fourth-order valence-electron chi connectivity index (χ4n) is 2.47. The van der Waals surface area contributed by atoms with Crippen LogP contribution in [0.25, 0.3) is 0 Å². The third-order valence-electron chi connectivity index (χ3n) is 3.37. The Morgan fingerprint density at radius 1 is 1.28 bits per heavy atom. The molecule has 1 aromatic rings. The normalized spacial score (nSPS) is 24.3. The Hall–Kier alpha value is -0.870. The zero-order valence-corrected chi connectivity index (χ0v) is 11.5. The predicted molar refractivity (Wildman–Crippen MR) is 71.2 cm³/mol. The molecular formula is C14H20O3S. The predicted octanol–water partition coefficient (Wildman–Crippen LogP) is 2.67. The van der Waals surface area contributed by atoms with Crippen molar-refractivity contribution in [3.05, 3.63) is 30.3 Å². The smallest absolute Gasteiger partial charge is 0.180 e. The summed E-state index contributed by atoms with van der Waals surface area (Å²) >= 11 is 0. The highest BCUT2D eigenvalue weighted by atomic mass is 32.2. The molecule has 0 radical (unpaired) electrons. The highest BCUT2D eigenvalue weighted by Gasteiger charge is 2.29. The lowest BCUT2D eigenvalue weighted by molar-refractivity contribution is 0.121. The summed E-state index contributed by atoms with van der Waals surface area (Å²) in [6.07, 6.45) is 3.00. The zero-order valence-electron chi connectivity index (χ0n) is 10.7. The van der Waals surface area contributed by atoms with Crippen LogP contribution in [-0.2, 0) is 14.6 Å². The van der Waals surface area contributed by atoms with Crippen LogP contribution in [0.3, 0.4) is 0 Å². The first-order valence-corrected chi connectivity index (χ1v) is 8.16. The van der Waals surface area contributed by atoms with Gasteiger partial charge in [-0.3, -0.25) is 0 Å². The van der Waals surface area contributed by atoms with Crippen LogP contribution in [0.15, 0.2) is 35.2 Å². The minimum Gasteiger partial charge on any atom is -0.377 e. The molecule has 1 aliphatic heterocycles. The van der Waals surface area contributed by atoms with Crippen molar-refractivity contribution in [3.8, 4) is 0 Å². The van der Waals surface area contributed by atoms with Crippen molar-refractivity contribution < 1.29 is 13.2 Å². The number of hydrogen-bond acceptors (Lipinski definition) is 3. The summed E-state index contributed by atoms with van der Waals surface area (Å²) in [6.45, 7) is 2.86. The van der Waals surface area contributed by atoms with Gasteiger partial charge in [0.1, 0.15) is 0 Å². The molecule has 0 saturated carbocycles. The van der Waals surface area contributed by atoms with E-state index in [-0.39, 0.29) is 11.9 Å². The molecule has 18 heavy (non-hydrogen) atoms. The van der Waals surface area contributed by atoms with Crippen LogP contribution in [0.4, 0.5) is 0 Å². The molecule has 0 amide bonds. The molecule has 1 aromatic carbocycles. The van der Waals surface area contributed by atoms with E-state index in [4.69, 9.17) is 4.74 Å². The summed E-state index contributed by atoms with van der Waals surface area (Å²) in [5.41, 5.74) is 0. The molecule has 3 nitrogen and oxygen atoms in total. The first-order chi connectivity index (χ1) is 8.62. The Kier molecular flexibility index (Phi) is 4.40. The molecule has 0 aliphatic carbocycles. The molecule has 0 aromatic heterocycles. The van der Waals surface area contributed by atoms with Gasteiger partial charge in [0.2, 0.25) is 0 Å². The van der Waals surface area contributed by atoms with Crippen LogP contribution in [-0.4, -0.2) is 26.9 Å². The second-order valence-electron chi connectivity index (χ2n) is 4.94. The molecule has 4 heteroatoms. The Morgan fingerprint density at radius 2 is 2.00 bits per heavy atom. The minimum atomic E-state index is -3.21. The number of rotatable bonds is 5. The van der Waals surface area contributed by atoms with Gasteiger partial charge in [0.15, 0.2) is 9.84 Å².